The third-order valence-corrected chi connectivity index (χ3v) is 1.95. The summed E-state index contributed by atoms with van der Waals surface area (Å²) in [6.07, 6.45) is 2.84. The Bertz CT molecular complexity index is 342. The van der Waals surface area contributed by atoms with E-state index in [1.807, 2.05) is 24.3 Å². The van der Waals surface area contributed by atoms with E-state index < -0.39 is 0 Å². The van der Waals surface area contributed by atoms with Crippen LogP contribution in [0.25, 0.3) is 0 Å². The minimum Gasteiger partial charge on any atom is -0.399 e. The van der Waals surface area contributed by atoms with Gasteiger partial charge >= 0.3 is 0 Å². The molecule has 1 aliphatic rings. The SMILES string of the molecule is NC1=CCc2ccc(N)cc2N1. The minimum absolute atomic E-state index is 0.702. The van der Waals surface area contributed by atoms with E-state index in [0.717, 1.165) is 17.8 Å². The van der Waals surface area contributed by atoms with Gasteiger partial charge in [0.25, 0.3) is 0 Å². The molecule has 0 spiro atoms. The Balaban J connectivity index is 2.43. The summed E-state index contributed by atoms with van der Waals surface area (Å²) >= 11 is 0. The van der Waals surface area contributed by atoms with Gasteiger partial charge in [-0.1, -0.05) is 6.07 Å². The number of hydrogen-bond acceptors (Lipinski definition) is 3. The zero-order chi connectivity index (χ0) is 8.55. The maximum Gasteiger partial charge on any atom is 0.0967 e. The van der Waals surface area contributed by atoms with Crippen LogP contribution in [-0.4, -0.2) is 0 Å². The average molecular weight is 161 g/mol. The Morgan fingerprint density at radius 2 is 2.08 bits per heavy atom. The van der Waals surface area contributed by atoms with Gasteiger partial charge in [0, 0.05) is 11.4 Å². The quantitative estimate of drug-likeness (QED) is 0.498. The molecule has 1 aromatic carbocycles. The van der Waals surface area contributed by atoms with Crippen LogP contribution in [0.3, 0.4) is 0 Å². The van der Waals surface area contributed by atoms with E-state index in [0.29, 0.717) is 5.82 Å². The van der Waals surface area contributed by atoms with Crippen molar-refractivity contribution in [3.63, 3.8) is 0 Å². The van der Waals surface area contributed by atoms with Crippen molar-refractivity contribution in [3.05, 3.63) is 35.7 Å². The minimum atomic E-state index is 0.702. The third-order valence-electron chi connectivity index (χ3n) is 1.95. The highest BCUT2D eigenvalue weighted by molar-refractivity contribution is 5.64. The van der Waals surface area contributed by atoms with Gasteiger partial charge in [0.15, 0.2) is 0 Å². The first-order chi connectivity index (χ1) is 5.75. The Morgan fingerprint density at radius 3 is 2.92 bits per heavy atom. The second kappa shape index (κ2) is 2.44. The summed E-state index contributed by atoms with van der Waals surface area (Å²) in [4.78, 5) is 0. The summed E-state index contributed by atoms with van der Waals surface area (Å²) in [6.45, 7) is 0. The molecule has 0 aliphatic carbocycles. The molecule has 1 aliphatic heterocycles. The van der Waals surface area contributed by atoms with Crippen LogP contribution < -0.4 is 16.8 Å². The van der Waals surface area contributed by atoms with Gasteiger partial charge in [-0.15, -0.1) is 0 Å². The first kappa shape index (κ1) is 7.03. The maximum absolute atomic E-state index is 5.63. The molecule has 0 saturated carbocycles. The van der Waals surface area contributed by atoms with Crippen LogP contribution in [0.2, 0.25) is 0 Å². The fourth-order valence-corrected chi connectivity index (χ4v) is 1.31. The van der Waals surface area contributed by atoms with E-state index in [2.05, 4.69) is 5.32 Å². The predicted molar refractivity (Wildman–Crippen MR) is 50.5 cm³/mol. The molecule has 1 aromatic rings. The second-order valence-electron chi connectivity index (χ2n) is 2.91. The number of allylic oxidation sites excluding steroid dienone is 1. The molecule has 1 heterocycles. The van der Waals surface area contributed by atoms with Gasteiger partial charge < -0.3 is 16.8 Å². The Hall–Kier alpha value is -1.64. The van der Waals surface area contributed by atoms with Crippen LogP contribution in [0.1, 0.15) is 5.56 Å². The molecule has 0 radical (unpaired) electrons. The summed E-state index contributed by atoms with van der Waals surface area (Å²) in [5.74, 6) is 0.702. The number of nitrogens with one attached hydrogen (secondary N) is 1. The topological polar surface area (TPSA) is 64.1 Å². The molecule has 0 fully saturated rings. The molecule has 2 rings (SSSR count). The van der Waals surface area contributed by atoms with Gasteiger partial charge in [0.1, 0.15) is 0 Å². The molecule has 0 bridgehead atoms. The van der Waals surface area contributed by atoms with Gasteiger partial charge in [-0.25, -0.2) is 0 Å². The van der Waals surface area contributed by atoms with E-state index in [1.165, 1.54) is 5.56 Å². The zero-order valence-corrected chi connectivity index (χ0v) is 6.67. The van der Waals surface area contributed by atoms with Gasteiger partial charge in [-0.3, -0.25) is 0 Å². The van der Waals surface area contributed by atoms with Gasteiger partial charge in [0.2, 0.25) is 0 Å². The number of nitrogen functional groups attached to an aromatic ring is 1. The maximum atomic E-state index is 5.63. The highest BCUT2D eigenvalue weighted by atomic mass is 15.0. The molecule has 0 aromatic heterocycles. The van der Waals surface area contributed by atoms with Crippen LogP contribution in [0.4, 0.5) is 11.4 Å². The van der Waals surface area contributed by atoms with Crippen molar-refractivity contribution >= 4 is 11.4 Å². The standard InChI is InChI=1S/C9H11N3/c10-7-3-1-6-2-4-9(11)12-8(6)5-7/h1,3-5,12H,2,10-11H2. The van der Waals surface area contributed by atoms with Gasteiger partial charge in [-0.05, 0) is 30.2 Å². The monoisotopic (exact) mass is 161 g/mol. The molecule has 0 saturated heterocycles. The number of hydrogen-bond donors (Lipinski definition) is 3. The van der Waals surface area contributed by atoms with Gasteiger partial charge in [0.05, 0.1) is 5.82 Å². The van der Waals surface area contributed by atoms with Crippen LogP contribution in [0.15, 0.2) is 30.1 Å². The number of rotatable bonds is 0. The van der Waals surface area contributed by atoms with E-state index in [1.54, 1.807) is 0 Å². The summed E-state index contributed by atoms with van der Waals surface area (Å²) < 4.78 is 0. The molecule has 3 heteroatoms. The molecule has 5 N–H and O–H groups in total. The first-order valence-electron chi connectivity index (χ1n) is 3.87. The Kier molecular flexibility index (Phi) is 1.43. The molecule has 62 valence electrons. The van der Waals surface area contributed by atoms with Crippen molar-refractivity contribution in [2.75, 3.05) is 11.1 Å². The lowest BCUT2D eigenvalue weighted by Gasteiger charge is -2.16. The summed E-state index contributed by atoms with van der Waals surface area (Å²) in [6, 6.07) is 5.81. The third kappa shape index (κ3) is 1.09. The highest BCUT2D eigenvalue weighted by Crippen LogP contribution is 2.23. The fraction of sp³-hybridized carbons (Fsp3) is 0.111. The lowest BCUT2D eigenvalue weighted by Crippen LogP contribution is -2.14. The van der Waals surface area contributed by atoms with E-state index in [4.69, 9.17) is 11.5 Å². The summed E-state index contributed by atoms with van der Waals surface area (Å²) in [5, 5.41) is 3.06. The van der Waals surface area contributed by atoms with Crippen molar-refractivity contribution in [1.82, 2.24) is 0 Å². The van der Waals surface area contributed by atoms with E-state index in [-0.39, 0.29) is 0 Å². The smallest absolute Gasteiger partial charge is 0.0967 e. The molecule has 12 heavy (non-hydrogen) atoms. The largest absolute Gasteiger partial charge is 0.399 e. The number of fused-ring (bicyclic) bond motifs is 1. The normalized spacial score (nSPS) is 14.5. The average Bonchev–Trinajstić information content (AvgIpc) is 2.03. The van der Waals surface area contributed by atoms with Gasteiger partial charge in [-0.2, -0.15) is 0 Å². The highest BCUT2D eigenvalue weighted by Gasteiger charge is 2.06. The second-order valence-corrected chi connectivity index (χ2v) is 2.91. The van der Waals surface area contributed by atoms with Crippen molar-refractivity contribution < 1.29 is 0 Å². The first-order valence-corrected chi connectivity index (χ1v) is 3.87. The fourth-order valence-electron chi connectivity index (χ4n) is 1.31. The van der Waals surface area contributed by atoms with Crippen molar-refractivity contribution in [3.8, 4) is 0 Å². The van der Waals surface area contributed by atoms with Crippen molar-refractivity contribution in [1.29, 1.82) is 0 Å². The van der Waals surface area contributed by atoms with Crippen LogP contribution >= 0.6 is 0 Å². The van der Waals surface area contributed by atoms with E-state index >= 15 is 0 Å². The Labute approximate surface area is 71.1 Å². The lowest BCUT2D eigenvalue weighted by molar-refractivity contribution is 1.14. The van der Waals surface area contributed by atoms with Crippen LogP contribution in [0, 0.1) is 0 Å². The zero-order valence-electron chi connectivity index (χ0n) is 6.67. The van der Waals surface area contributed by atoms with E-state index in [9.17, 15) is 0 Å². The van der Waals surface area contributed by atoms with Crippen LogP contribution in [-0.2, 0) is 6.42 Å². The molecule has 0 unspecified atom stereocenters. The van der Waals surface area contributed by atoms with Crippen LogP contribution in [0.5, 0.6) is 0 Å². The molecule has 0 atom stereocenters. The lowest BCUT2D eigenvalue weighted by atomic mass is 10.1. The predicted octanol–water partition coefficient (Wildman–Crippen LogP) is 1.04. The summed E-state index contributed by atoms with van der Waals surface area (Å²) in [5.41, 5.74) is 14.3. The molecular formula is C9H11N3. The number of nitrogens with two attached hydrogens (primary N) is 2. The summed E-state index contributed by atoms with van der Waals surface area (Å²) in [7, 11) is 0. The molecule has 3 nitrogen and oxygen atoms in total. The van der Waals surface area contributed by atoms with Crippen molar-refractivity contribution in [2.24, 2.45) is 5.73 Å². The van der Waals surface area contributed by atoms with Crippen molar-refractivity contribution in [2.45, 2.75) is 6.42 Å². The Morgan fingerprint density at radius 1 is 1.25 bits per heavy atom. The molecule has 0 amide bonds. The number of benzene rings is 1. The number of anilines is 2. The molecular weight excluding hydrogens is 150 g/mol.